The van der Waals surface area contributed by atoms with Gasteiger partial charge in [0.1, 0.15) is 17.5 Å². The molecule has 2 aromatic heterocycles. The Hall–Kier alpha value is -1.46. The van der Waals surface area contributed by atoms with Crippen molar-refractivity contribution < 1.29 is 9.15 Å². The van der Waals surface area contributed by atoms with Gasteiger partial charge in [-0.1, -0.05) is 0 Å². The summed E-state index contributed by atoms with van der Waals surface area (Å²) < 4.78 is 12.1. The first-order valence-electron chi connectivity index (χ1n) is 4.70. The van der Waals surface area contributed by atoms with Crippen molar-refractivity contribution in [2.75, 3.05) is 7.11 Å². The maximum Gasteiger partial charge on any atom is 0.193 e. The number of nitrogens with zero attached hydrogens (tertiary/aromatic N) is 2. The number of rotatable bonds is 3. The highest BCUT2D eigenvalue weighted by molar-refractivity contribution is 6.28. The van der Waals surface area contributed by atoms with E-state index in [2.05, 4.69) is 5.10 Å². The second kappa shape index (κ2) is 4.19. The number of ether oxygens (including phenoxy) is 1. The number of furan rings is 1. The Kier molecular flexibility index (Phi) is 2.89. The summed E-state index contributed by atoms with van der Waals surface area (Å²) in [7, 11) is 3.37. The van der Waals surface area contributed by atoms with E-state index in [1.54, 1.807) is 37.2 Å². The summed E-state index contributed by atoms with van der Waals surface area (Å²) in [6, 6.07) is 2.94. The van der Waals surface area contributed by atoms with Gasteiger partial charge in [0.05, 0.1) is 13.3 Å². The number of halogens is 1. The van der Waals surface area contributed by atoms with Gasteiger partial charge in [0.2, 0.25) is 0 Å². The first-order valence-corrected chi connectivity index (χ1v) is 5.08. The molecule has 5 nitrogen and oxygen atoms in total. The van der Waals surface area contributed by atoms with Crippen molar-refractivity contribution in [1.82, 2.24) is 9.78 Å². The van der Waals surface area contributed by atoms with Crippen LogP contribution in [0.15, 0.2) is 22.7 Å². The van der Waals surface area contributed by atoms with Gasteiger partial charge in [-0.3, -0.25) is 4.68 Å². The van der Waals surface area contributed by atoms with Crippen molar-refractivity contribution in [3.8, 4) is 5.75 Å². The molecule has 2 N–H and O–H groups in total. The summed E-state index contributed by atoms with van der Waals surface area (Å²) in [5.41, 5.74) is 6.80. The van der Waals surface area contributed by atoms with Gasteiger partial charge in [0.15, 0.2) is 11.0 Å². The summed E-state index contributed by atoms with van der Waals surface area (Å²) >= 11 is 5.70. The van der Waals surface area contributed by atoms with E-state index in [1.165, 1.54) is 0 Å². The quantitative estimate of drug-likeness (QED) is 0.889. The summed E-state index contributed by atoms with van der Waals surface area (Å²) in [6.07, 6.45) is 1.61. The van der Waals surface area contributed by atoms with Crippen molar-refractivity contribution >= 4 is 11.6 Å². The fourth-order valence-corrected chi connectivity index (χ4v) is 1.72. The Morgan fingerprint density at radius 2 is 2.31 bits per heavy atom. The van der Waals surface area contributed by atoms with Gasteiger partial charge in [0.25, 0.3) is 0 Å². The third kappa shape index (κ3) is 1.79. The van der Waals surface area contributed by atoms with E-state index in [9.17, 15) is 0 Å². The van der Waals surface area contributed by atoms with Crippen LogP contribution in [0.2, 0.25) is 5.22 Å². The second-order valence-electron chi connectivity index (χ2n) is 3.34. The van der Waals surface area contributed by atoms with Crippen LogP contribution in [-0.4, -0.2) is 16.9 Å². The normalized spacial score (nSPS) is 12.8. The Morgan fingerprint density at radius 1 is 1.56 bits per heavy atom. The van der Waals surface area contributed by atoms with Gasteiger partial charge in [-0.2, -0.15) is 5.10 Å². The van der Waals surface area contributed by atoms with Crippen LogP contribution in [0.4, 0.5) is 0 Å². The van der Waals surface area contributed by atoms with Crippen molar-refractivity contribution in [3.05, 3.63) is 35.0 Å². The molecule has 2 heterocycles. The maximum atomic E-state index is 6.06. The molecule has 86 valence electrons. The highest BCUT2D eigenvalue weighted by atomic mass is 35.5. The zero-order valence-corrected chi connectivity index (χ0v) is 9.73. The smallest absolute Gasteiger partial charge is 0.193 e. The summed E-state index contributed by atoms with van der Waals surface area (Å²) in [5, 5.41) is 4.39. The molecule has 0 aliphatic rings. The summed E-state index contributed by atoms with van der Waals surface area (Å²) in [5.74, 6) is 1.20. The molecule has 0 aromatic carbocycles. The largest absolute Gasteiger partial charge is 0.493 e. The predicted molar refractivity (Wildman–Crippen MR) is 59.5 cm³/mol. The highest BCUT2D eigenvalue weighted by Gasteiger charge is 2.21. The van der Waals surface area contributed by atoms with Crippen LogP contribution in [-0.2, 0) is 7.05 Å². The summed E-state index contributed by atoms with van der Waals surface area (Å²) in [6.45, 7) is 0. The van der Waals surface area contributed by atoms with E-state index >= 15 is 0 Å². The minimum atomic E-state index is -0.449. The first-order chi connectivity index (χ1) is 7.63. The molecule has 0 amide bonds. The molecule has 0 fully saturated rings. The zero-order valence-electron chi connectivity index (χ0n) is 8.98. The topological polar surface area (TPSA) is 66.2 Å². The molecule has 0 aliphatic heterocycles. The van der Waals surface area contributed by atoms with Gasteiger partial charge >= 0.3 is 0 Å². The van der Waals surface area contributed by atoms with Crippen molar-refractivity contribution in [2.45, 2.75) is 6.04 Å². The first kappa shape index (κ1) is 11.0. The monoisotopic (exact) mass is 241 g/mol. The van der Waals surface area contributed by atoms with Crippen LogP contribution in [0.3, 0.4) is 0 Å². The van der Waals surface area contributed by atoms with Crippen molar-refractivity contribution in [3.63, 3.8) is 0 Å². The lowest BCUT2D eigenvalue weighted by Crippen LogP contribution is -2.16. The second-order valence-corrected chi connectivity index (χ2v) is 3.71. The Bertz CT molecular complexity index is 492. The lowest BCUT2D eigenvalue weighted by atomic mass is 10.1. The van der Waals surface area contributed by atoms with E-state index in [4.69, 9.17) is 26.5 Å². The number of hydrogen-bond acceptors (Lipinski definition) is 4. The van der Waals surface area contributed by atoms with E-state index in [-0.39, 0.29) is 0 Å². The van der Waals surface area contributed by atoms with Crippen molar-refractivity contribution in [1.29, 1.82) is 0 Å². The van der Waals surface area contributed by atoms with E-state index in [1.807, 2.05) is 0 Å². The van der Waals surface area contributed by atoms with Gasteiger partial charge < -0.3 is 14.9 Å². The average molecular weight is 242 g/mol. The van der Waals surface area contributed by atoms with Gasteiger partial charge in [-0.05, 0) is 23.7 Å². The fraction of sp³-hybridized carbons (Fsp3) is 0.300. The molecule has 16 heavy (non-hydrogen) atoms. The van der Waals surface area contributed by atoms with E-state index in [0.717, 1.165) is 5.69 Å². The molecule has 1 unspecified atom stereocenters. The molecular weight excluding hydrogens is 230 g/mol. The molecular formula is C10H12ClN3O2. The van der Waals surface area contributed by atoms with Crippen molar-refractivity contribution in [2.24, 2.45) is 12.8 Å². The van der Waals surface area contributed by atoms with Crippen LogP contribution >= 0.6 is 11.6 Å². The van der Waals surface area contributed by atoms with E-state index in [0.29, 0.717) is 16.7 Å². The molecule has 0 radical (unpaired) electrons. The van der Waals surface area contributed by atoms with Crippen LogP contribution in [0.1, 0.15) is 17.5 Å². The third-order valence-electron chi connectivity index (χ3n) is 2.36. The predicted octanol–water partition coefficient (Wildman–Crippen LogP) is 1.72. The van der Waals surface area contributed by atoms with Gasteiger partial charge in [0, 0.05) is 7.05 Å². The minimum Gasteiger partial charge on any atom is -0.493 e. The molecule has 0 bridgehead atoms. The molecule has 0 spiro atoms. The molecule has 2 aromatic rings. The molecule has 2 rings (SSSR count). The summed E-state index contributed by atoms with van der Waals surface area (Å²) in [4.78, 5) is 0. The van der Waals surface area contributed by atoms with Crippen LogP contribution in [0.25, 0.3) is 0 Å². The average Bonchev–Trinajstić information content (AvgIpc) is 2.83. The van der Waals surface area contributed by atoms with Crippen LogP contribution < -0.4 is 10.5 Å². The standard InChI is InChI=1S/C10H12ClN3O2/c1-14-10(7(15-2)5-13-14)9(12)6-3-4-8(11)16-6/h3-5,9H,12H2,1-2H3. The SMILES string of the molecule is COc1cnn(C)c1C(N)c1ccc(Cl)o1. The van der Waals surface area contributed by atoms with Gasteiger partial charge in [-0.15, -0.1) is 0 Å². The molecule has 6 heteroatoms. The van der Waals surface area contributed by atoms with Crippen LogP contribution in [0.5, 0.6) is 5.75 Å². The Morgan fingerprint density at radius 3 is 2.88 bits per heavy atom. The Balaban J connectivity index is 2.40. The number of aromatic nitrogens is 2. The van der Waals surface area contributed by atoms with Gasteiger partial charge in [-0.25, -0.2) is 0 Å². The molecule has 0 saturated carbocycles. The van der Waals surface area contributed by atoms with Crippen LogP contribution in [0, 0.1) is 0 Å². The molecule has 0 aliphatic carbocycles. The number of nitrogens with two attached hydrogens (primary N) is 1. The number of hydrogen-bond donors (Lipinski definition) is 1. The maximum absolute atomic E-state index is 6.06. The zero-order chi connectivity index (χ0) is 11.7. The molecule has 0 saturated heterocycles. The minimum absolute atomic E-state index is 0.312. The Labute approximate surface area is 97.7 Å². The number of aryl methyl sites for hydroxylation is 1. The number of methoxy groups -OCH3 is 1. The molecule has 1 atom stereocenters. The lowest BCUT2D eigenvalue weighted by Gasteiger charge is -2.11. The highest BCUT2D eigenvalue weighted by Crippen LogP contribution is 2.29. The third-order valence-corrected chi connectivity index (χ3v) is 2.57. The lowest BCUT2D eigenvalue weighted by molar-refractivity contribution is 0.399. The fourth-order valence-electron chi connectivity index (χ4n) is 1.57. The van der Waals surface area contributed by atoms with E-state index < -0.39 is 6.04 Å².